The predicted octanol–water partition coefficient (Wildman–Crippen LogP) is 4.18. The summed E-state index contributed by atoms with van der Waals surface area (Å²) in [7, 11) is 0. The molecule has 0 saturated carbocycles. The fourth-order valence-corrected chi connectivity index (χ4v) is 2.76. The first kappa shape index (κ1) is 19.1. The molecule has 1 heterocycles. The van der Waals surface area contributed by atoms with Crippen molar-refractivity contribution in [3.05, 3.63) is 35.0 Å². The minimum absolute atomic E-state index is 0.0499. The van der Waals surface area contributed by atoms with Gasteiger partial charge in [-0.2, -0.15) is 29.0 Å². The third kappa shape index (κ3) is 4.26. The van der Waals surface area contributed by atoms with E-state index < -0.39 is 17.3 Å². The van der Waals surface area contributed by atoms with Crippen LogP contribution in [0.3, 0.4) is 0 Å². The number of benzene rings is 1. The third-order valence-corrected chi connectivity index (χ3v) is 4.29. The Morgan fingerprint density at radius 1 is 1.12 bits per heavy atom. The molecule has 1 aliphatic rings. The number of piperidine rings is 1. The molecule has 0 amide bonds. The van der Waals surface area contributed by atoms with Gasteiger partial charge < -0.3 is 10.2 Å². The number of rotatable bonds is 3. The van der Waals surface area contributed by atoms with Crippen molar-refractivity contribution in [2.24, 2.45) is 5.92 Å². The van der Waals surface area contributed by atoms with E-state index in [0.717, 1.165) is 25.0 Å². The topological polar surface area (TPSA) is 86.6 Å². The van der Waals surface area contributed by atoms with Crippen LogP contribution in [0.25, 0.3) is 0 Å². The minimum Gasteiger partial charge on any atom is -0.370 e. The second-order valence-corrected chi connectivity index (χ2v) is 6.11. The van der Waals surface area contributed by atoms with E-state index in [9.17, 15) is 18.4 Å². The maximum atomic E-state index is 13.1. The standard InChI is InChI=1S/C18H16F3N5/c1-12-4-6-26(7-5-12)17-3-2-14(18(19,20)21)8-15(17)25-16(11-24)13(9-22)10-23/h2-3,8,12,25H,4-7H2,1H3. The van der Waals surface area contributed by atoms with E-state index in [2.05, 4.69) is 12.2 Å². The quantitative estimate of drug-likeness (QED) is 0.818. The fourth-order valence-electron chi connectivity index (χ4n) is 2.76. The minimum atomic E-state index is -4.55. The van der Waals surface area contributed by atoms with Crippen LogP contribution in [0, 0.1) is 39.9 Å². The number of allylic oxidation sites excluding steroid dienone is 2. The van der Waals surface area contributed by atoms with Crippen molar-refractivity contribution >= 4 is 11.4 Å². The summed E-state index contributed by atoms with van der Waals surface area (Å²) in [5.74, 6) is 0.537. The van der Waals surface area contributed by atoms with Gasteiger partial charge in [0, 0.05) is 13.1 Å². The van der Waals surface area contributed by atoms with Crippen LogP contribution in [-0.2, 0) is 6.18 Å². The monoisotopic (exact) mass is 359 g/mol. The van der Waals surface area contributed by atoms with Crippen LogP contribution >= 0.6 is 0 Å². The molecule has 8 heteroatoms. The van der Waals surface area contributed by atoms with E-state index in [-0.39, 0.29) is 11.4 Å². The van der Waals surface area contributed by atoms with Crippen LogP contribution < -0.4 is 10.2 Å². The van der Waals surface area contributed by atoms with E-state index in [1.54, 1.807) is 18.2 Å². The lowest BCUT2D eigenvalue weighted by molar-refractivity contribution is -0.137. The highest BCUT2D eigenvalue weighted by molar-refractivity contribution is 5.75. The molecule has 0 bridgehead atoms. The lowest BCUT2D eigenvalue weighted by Gasteiger charge is -2.33. The van der Waals surface area contributed by atoms with Crippen LogP contribution in [0.1, 0.15) is 25.3 Å². The second-order valence-electron chi connectivity index (χ2n) is 6.11. The molecule has 0 aromatic heterocycles. The number of anilines is 2. The molecule has 1 fully saturated rings. The Bertz CT molecular complexity index is 812. The first-order valence-corrected chi connectivity index (χ1v) is 7.98. The highest BCUT2D eigenvalue weighted by atomic mass is 19.4. The number of hydrogen-bond donors (Lipinski definition) is 1. The van der Waals surface area contributed by atoms with Gasteiger partial charge in [0.1, 0.15) is 23.9 Å². The lowest BCUT2D eigenvalue weighted by atomic mass is 9.98. The number of halogens is 3. The Balaban J connectivity index is 2.50. The summed E-state index contributed by atoms with van der Waals surface area (Å²) in [6.45, 7) is 3.47. The summed E-state index contributed by atoms with van der Waals surface area (Å²) in [5.41, 5.74) is -1.17. The summed E-state index contributed by atoms with van der Waals surface area (Å²) in [5, 5.41) is 29.6. The molecule has 1 aromatic rings. The second kappa shape index (κ2) is 7.80. The maximum Gasteiger partial charge on any atom is 0.416 e. The first-order valence-electron chi connectivity index (χ1n) is 7.98. The Kier molecular flexibility index (Phi) is 5.75. The van der Waals surface area contributed by atoms with Crippen LogP contribution in [-0.4, -0.2) is 13.1 Å². The molecule has 1 aromatic carbocycles. The summed E-state index contributed by atoms with van der Waals surface area (Å²) in [4.78, 5) is 1.94. The molecule has 1 aliphatic heterocycles. The van der Waals surface area contributed by atoms with Gasteiger partial charge in [0.2, 0.25) is 0 Å². The van der Waals surface area contributed by atoms with Crippen LogP contribution in [0.5, 0.6) is 0 Å². The average molecular weight is 359 g/mol. The lowest BCUT2D eigenvalue weighted by Crippen LogP contribution is -2.33. The van der Waals surface area contributed by atoms with Crippen molar-refractivity contribution in [1.29, 1.82) is 15.8 Å². The molecule has 0 spiro atoms. The molecule has 1 N–H and O–H groups in total. The average Bonchev–Trinajstić information content (AvgIpc) is 2.61. The van der Waals surface area contributed by atoms with Gasteiger partial charge in [-0.25, -0.2) is 0 Å². The molecule has 1 saturated heterocycles. The molecule has 0 atom stereocenters. The molecule has 26 heavy (non-hydrogen) atoms. The molecule has 0 radical (unpaired) electrons. The van der Waals surface area contributed by atoms with Crippen molar-refractivity contribution in [1.82, 2.24) is 0 Å². The zero-order valence-electron chi connectivity index (χ0n) is 14.1. The van der Waals surface area contributed by atoms with E-state index in [0.29, 0.717) is 24.7 Å². The van der Waals surface area contributed by atoms with Gasteiger partial charge >= 0.3 is 6.18 Å². The van der Waals surface area contributed by atoms with E-state index in [1.807, 2.05) is 4.90 Å². The fraction of sp³-hybridized carbons (Fsp3) is 0.389. The number of hydrogen-bond acceptors (Lipinski definition) is 5. The molecule has 5 nitrogen and oxygen atoms in total. The van der Waals surface area contributed by atoms with Gasteiger partial charge in [-0.15, -0.1) is 0 Å². The van der Waals surface area contributed by atoms with Gasteiger partial charge in [0.25, 0.3) is 0 Å². The van der Waals surface area contributed by atoms with Crippen molar-refractivity contribution < 1.29 is 13.2 Å². The summed E-state index contributed by atoms with van der Waals surface area (Å²) in [6, 6.07) is 8.06. The van der Waals surface area contributed by atoms with Crippen LogP contribution in [0.2, 0.25) is 0 Å². The van der Waals surface area contributed by atoms with E-state index in [1.165, 1.54) is 6.07 Å². The molecule has 134 valence electrons. The van der Waals surface area contributed by atoms with Gasteiger partial charge in [-0.1, -0.05) is 6.92 Å². The summed E-state index contributed by atoms with van der Waals surface area (Å²) >= 11 is 0. The number of nitriles is 3. The Hall–Kier alpha value is -3.18. The Morgan fingerprint density at radius 3 is 2.23 bits per heavy atom. The number of alkyl halides is 3. The van der Waals surface area contributed by atoms with Crippen LogP contribution in [0.15, 0.2) is 29.5 Å². The van der Waals surface area contributed by atoms with Crippen molar-refractivity contribution in [3.63, 3.8) is 0 Å². The molecular formula is C18H16F3N5. The van der Waals surface area contributed by atoms with Gasteiger partial charge in [-0.3, -0.25) is 0 Å². The van der Waals surface area contributed by atoms with Crippen LogP contribution in [0.4, 0.5) is 24.5 Å². The summed E-state index contributed by atoms with van der Waals surface area (Å²) in [6.07, 6.45) is -2.73. The maximum absolute atomic E-state index is 13.1. The third-order valence-electron chi connectivity index (χ3n) is 4.29. The van der Waals surface area contributed by atoms with Crippen molar-refractivity contribution in [3.8, 4) is 18.2 Å². The number of nitrogens with one attached hydrogen (secondary N) is 1. The largest absolute Gasteiger partial charge is 0.416 e. The Labute approximate surface area is 149 Å². The molecule has 0 unspecified atom stereocenters. The van der Waals surface area contributed by atoms with Gasteiger partial charge in [0.05, 0.1) is 16.9 Å². The predicted molar refractivity (Wildman–Crippen MR) is 89.5 cm³/mol. The molecular weight excluding hydrogens is 343 g/mol. The zero-order valence-corrected chi connectivity index (χ0v) is 14.1. The molecule has 2 rings (SSSR count). The van der Waals surface area contributed by atoms with Crippen molar-refractivity contribution in [2.45, 2.75) is 25.9 Å². The highest BCUT2D eigenvalue weighted by Crippen LogP contribution is 2.37. The zero-order chi connectivity index (χ0) is 19.3. The number of nitrogens with zero attached hydrogens (tertiary/aromatic N) is 4. The summed E-state index contributed by atoms with van der Waals surface area (Å²) < 4.78 is 39.2. The smallest absolute Gasteiger partial charge is 0.370 e. The van der Waals surface area contributed by atoms with Gasteiger partial charge in [0.15, 0.2) is 5.57 Å². The van der Waals surface area contributed by atoms with E-state index in [4.69, 9.17) is 10.5 Å². The first-order chi connectivity index (χ1) is 12.3. The Morgan fingerprint density at radius 2 is 1.73 bits per heavy atom. The SMILES string of the molecule is CC1CCN(c2ccc(C(F)(F)F)cc2NC(C#N)=C(C#N)C#N)CC1. The van der Waals surface area contributed by atoms with Crippen molar-refractivity contribution in [2.75, 3.05) is 23.3 Å². The van der Waals surface area contributed by atoms with Gasteiger partial charge in [-0.05, 0) is 37.0 Å². The molecule has 0 aliphatic carbocycles. The highest BCUT2D eigenvalue weighted by Gasteiger charge is 2.32. The van der Waals surface area contributed by atoms with E-state index >= 15 is 0 Å². The normalized spacial score (nSPS) is 14.7.